The maximum atomic E-state index is 6.40. The van der Waals surface area contributed by atoms with Crippen molar-refractivity contribution in [2.24, 2.45) is 5.73 Å². The molecule has 0 radical (unpaired) electrons. The van der Waals surface area contributed by atoms with E-state index in [1.807, 2.05) is 24.4 Å². The first-order chi connectivity index (χ1) is 10.1. The fourth-order valence-electron chi connectivity index (χ4n) is 2.53. The van der Waals surface area contributed by atoms with Crippen molar-refractivity contribution in [1.82, 2.24) is 4.98 Å². The lowest BCUT2D eigenvalue weighted by Gasteiger charge is -2.14. The van der Waals surface area contributed by atoms with E-state index in [1.54, 1.807) is 0 Å². The zero-order valence-corrected chi connectivity index (χ0v) is 13.5. The van der Waals surface area contributed by atoms with Crippen molar-refractivity contribution in [2.45, 2.75) is 19.4 Å². The first-order valence-electron chi connectivity index (χ1n) is 6.99. The molecule has 0 fully saturated rings. The van der Waals surface area contributed by atoms with E-state index in [9.17, 15) is 0 Å². The van der Waals surface area contributed by atoms with Crippen LogP contribution in [-0.2, 0) is 6.42 Å². The number of aromatic nitrogens is 1. The van der Waals surface area contributed by atoms with Gasteiger partial charge in [-0.05, 0) is 48.2 Å². The number of aryl methyl sites for hydroxylation is 1. The van der Waals surface area contributed by atoms with E-state index in [1.165, 1.54) is 16.5 Å². The normalized spacial score (nSPS) is 12.5. The highest BCUT2D eigenvalue weighted by atomic mass is 79.9. The summed E-state index contributed by atoms with van der Waals surface area (Å²) in [5.41, 5.74) is 11.0. The Morgan fingerprint density at radius 3 is 2.76 bits per heavy atom. The Hall–Kier alpha value is -1.71. The number of rotatable bonds is 3. The molecule has 2 nitrogen and oxygen atoms in total. The number of pyridine rings is 1. The third kappa shape index (κ3) is 2.99. The zero-order valence-electron chi connectivity index (χ0n) is 11.9. The average molecular weight is 341 g/mol. The van der Waals surface area contributed by atoms with Crippen LogP contribution in [0.2, 0.25) is 0 Å². The standard InChI is InChI=1S/C18H17BrN2/c1-12-6-7-14(10-16(12)19)17(20)11-13-8-9-21-18-5-3-2-4-15(13)18/h2-10,17H,11,20H2,1H3. The molecule has 0 spiro atoms. The van der Waals surface area contributed by atoms with Crippen LogP contribution in [0, 0.1) is 6.92 Å². The lowest BCUT2D eigenvalue weighted by molar-refractivity contribution is 0.724. The molecule has 1 unspecified atom stereocenters. The molecule has 1 atom stereocenters. The van der Waals surface area contributed by atoms with Gasteiger partial charge >= 0.3 is 0 Å². The van der Waals surface area contributed by atoms with Gasteiger partial charge in [0.25, 0.3) is 0 Å². The molecule has 21 heavy (non-hydrogen) atoms. The summed E-state index contributed by atoms with van der Waals surface area (Å²) in [7, 11) is 0. The molecule has 1 heterocycles. The van der Waals surface area contributed by atoms with Gasteiger partial charge in [-0.25, -0.2) is 0 Å². The molecule has 0 aliphatic rings. The lowest BCUT2D eigenvalue weighted by atomic mass is 9.97. The van der Waals surface area contributed by atoms with Crippen molar-refractivity contribution in [3.8, 4) is 0 Å². The van der Waals surface area contributed by atoms with Crippen molar-refractivity contribution in [2.75, 3.05) is 0 Å². The van der Waals surface area contributed by atoms with Crippen LogP contribution >= 0.6 is 15.9 Å². The minimum absolute atomic E-state index is 0.0206. The summed E-state index contributed by atoms with van der Waals surface area (Å²) in [5, 5.41) is 1.18. The Balaban J connectivity index is 1.92. The molecule has 0 bridgehead atoms. The minimum Gasteiger partial charge on any atom is -0.324 e. The van der Waals surface area contributed by atoms with Crippen molar-refractivity contribution in [3.05, 3.63) is 75.9 Å². The van der Waals surface area contributed by atoms with Crippen LogP contribution in [0.5, 0.6) is 0 Å². The van der Waals surface area contributed by atoms with Crippen LogP contribution in [0.25, 0.3) is 10.9 Å². The molecule has 3 aromatic rings. The molecule has 2 aromatic carbocycles. The van der Waals surface area contributed by atoms with Crippen molar-refractivity contribution in [1.29, 1.82) is 0 Å². The maximum absolute atomic E-state index is 6.40. The zero-order chi connectivity index (χ0) is 14.8. The molecule has 0 saturated heterocycles. The summed E-state index contributed by atoms with van der Waals surface area (Å²) in [6.07, 6.45) is 2.66. The van der Waals surface area contributed by atoms with Gasteiger partial charge in [-0.1, -0.05) is 46.3 Å². The van der Waals surface area contributed by atoms with E-state index < -0.39 is 0 Å². The van der Waals surface area contributed by atoms with E-state index >= 15 is 0 Å². The van der Waals surface area contributed by atoms with Gasteiger partial charge in [-0.2, -0.15) is 0 Å². The van der Waals surface area contributed by atoms with Crippen LogP contribution < -0.4 is 5.73 Å². The number of hydrogen-bond acceptors (Lipinski definition) is 2. The van der Waals surface area contributed by atoms with Gasteiger partial charge in [0.15, 0.2) is 0 Å². The number of fused-ring (bicyclic) bond motifs is 1. The Labute approximate surface area is 133 Å². The molecule has 3 heteroatoms. The predicted octanol–water partition coefficient (Wildman–Crippen LogP) is 4.55. The summed E-state index contributed by atoms with van der Waals surface area (Å²) >= 11 is 3.57. The van der Waals surface area contributed by atoms with Gasteiger partial charge in [-0.3, -0.25) is 4.98 Å². The highest BCUT2D eigenvalue weighted by Crippen LogP contribution is 2.25. The number of nitrogens with two attached hydrogens (primary N) is 1. The Kier molecular flexibility index (Phi) is 4.04. The van der Waals surface area contributed by atoms with Crippen molar-refractivity contribution in [3.63, 3.8) is 0 Å². The van der Waals surface area contributed by atoms with E-state index in [0.29, 0.717) is 0 Å². The molecule has 0 saturated carbocycles. The summed E-state index contributed by atoms with van der Waals surface area (Å²) in [6.45, 7) is 2.08. The van der Waals surface area contributed by atoms with Crippen LogP contribution in [0.1, 0.15) is 22.7 Å². The van der Waals surface area contributed by atoms with Crippen molar-refractivity contribution < 1.29 is 0 Å². The molecule has 2 N–H and O–H groups in total. The molecule has 0 amide bonds. The second-order valence-corrected chi connectivity index (χ2v) is 6.16. The summed E-state index contributed by atoms with van der Waals surface area (Å²) in [6, 6.07) is 16.6. The molecular formula is C18H17BrN2. The monoisotopic (exact) mass is 340 g/mol. The molecule has 0 aliphatic carbocycles. The first kappa shape index (κ1) is 14.2. The third-order valence-corrected chi connectivity index (χ3v) is 4.66. The summed E-state index contributed by atoms with van der Waals surface area (Å²) in [5.74, 6) is 0. The topological polar surface area (TPSA) is 38.9 Å². The second kappa shape index (κ2) is 5.96. The van der Waals surface area contributed by atoms with Crippen LogP contribution in [-0.4, -0.2) is 4.98 Å². The molecule has 1 aromatic heterocycles. The highest BCUT2D eigenvalue weighted by molar-refractivity contribution is 9.10. The highest BCUT2D eigenvalue weighted by Gasteiger charge is 2.10. The molecule has 106 valence electrons. The van der Waals surface area contributed by atoms with Gasteiger partial charge in [0.1, 0.15) is 0 Å². The fraction of sp³-hybridized carbons (Fsp3) is 0.167. The fourth-order valence-corrected chi connectivity index (χ4v) is 2.92. The Morgan fingerprint density at radius 1 is 1.14 bits per heavy atom. The third-order valence-electron chi connectivity index (χ3n) is 3.80. The average Bonchev–Trinajstić information content (AvgIpc) is 2.50. The van der Waals surface area contributed by atoms with Crippen LogP contribution in [0.3, 0.4) is 0 Å². The van der Waals surface area contributed by atoms with Crippen LogP contribution in [0.15, 0.2) is 59.2 Å². The number of para-hydroxylation sites is 1. The minimum atomic E-state index is -0.0206. The Bertz CT molecular complexity index is 778. The van der Waals surface area contributed by atoms with Gasteiger partial charge in [-0.15, -0.1) is 0 Å². The summed E-state index contributed by atoms with van der Waals surface area (Å²) < 4.78 is 1.11. The van der Waals surface area contributed by atoms with Gasteiger partial charge in [0.05, 0.1) is 5.52 Å². The molecular weight excluding hydrogens is 324 g/mol. The number of benzene rings is 2. The molecule has 0 aliphatic heterocycles. The number of nitrogens with zero attached hydrogens (tertiary/aromatic N) is 1. The summed E-state index contributed by atoms with van der Waals surface area (Å²) in [4.78, 5) is 4.40. The quantitative estimate of drug-likeness (QED) is 0.759. The van der Waals surface area contributed by atoms with Crippen LogP contribution in [0.4, 0.5) is 0 Å². The molecule has 3 rings (SSSR count). The number of halogens is 1. The smallest absolute Gasteiger partial charge is 0.0704 e. The van der Waals surface area contributed by atoms with Gasteiger partial charge < -0.3 is 5.73 Å². The van der Waals surface area contributed by atoms with E-state index in [2.05, 4.69) is 58.2 Å². The van der Waals surface area contributed by atoms with E-state index in [-0.39, 0.29) is 6.04 Å². The van der Waals surface area contributed by atoms with E-state index in [0.717, 1.165) is 22.0 Å². The van der Waals surface area contributed by atoms with Gasteiger partial charge in [0.2, 0.25) is 0 Å². The first-order valence-corrected chi connectivity index (χ1v) is 7.78. The largest absolute Gasteiger partial charge is 0.324 e. The predicted molar refractivity (Wildman–Crippen MR) is 91.3 cm³/mol. The lowest BCUT2D eigenvalue weighted by Crippen LogP contribution is -2.13. The maximum Gasteiger partial charge on any atom is 0.0704 e. The van der Waals surface area contributed by atoms with Crippen molar-refractivity contribution >= 4 is 26.8 Å². The SMILES string of the molecule is Cc1ccc(C(N)Cc2ccnc3ccccc23)cc1Br. The van der Waals surface area contributed by atoms with Gasteiger partial charge in [0, 0.05) is 22.1 Å². The second-order valence-electron chi connectivity index (χ2n) is 5.31. The Morgan fingerprint density at radius 2 is 1.95 bits per heavy atom. The van der Waals surface area contributed by atoms with E-state index in [4.69, 9.17) is 5.73 Å². The number of hydrogen-bond donors (Lipinski definition) is 1.